The first-order valence-corrected chi connectivity index (χ1v) is 14.6. The summed E-state index contributed by atoms with van der Waals surface area (Å²) in [5.74, 6) is -2.25. The van der Waals surface area contributed by atoms with Crippen molar-refractivity contribution in [2.75, 3.05) is 0 Å². The van der Waals surface area contributed by atoms with Crippen molar-refractivity contribution in [3.05, 3.63) is 24.8 Å². The maximum atomic E-state index is 12.4. The van der Waals surface area contributed by atoms with E-state index in [0.717, 1.165) is 44.6 Å². The molecule has 0 saturated carbocycles. The lowest BCUT2D eigenvalue weighted by molar-refractivity contribution is -0.229. The minimum absolute atomic E-state index is 0.319. The third kappa shape index (κ3) is 19.3. The molecule has 0 saturated heterocycles. The van der Waals surface area contributed by atoms with Crippen LogP contribution in [0.15, 0.2) is 24.8 Å². The Morgan fingerprint density at radius 1 is 0.629 bits per heavy atom. The van der Waals surface area contributed by atoms with Crippen LogP contribution in [-0.2, 0) is 19.1 Å². The molecule has 0 aromatic carbocycles. The molecule has 1 unspecified atom stereocenters. The van der Waals surface area contributed by atoms with Gasteiger partial charge in [0.15, 0.2) is 0 Å². The quantitative estimate of drug-likeness (QED) is 0.0550. The molecule has 1 atom stereocenters. The van der Waals surface area contributed by atoms with E-state index >= 15 is 0 Å². The van der Waals surface area contributed by atoms with Crippen molar-refractivity contribution in [2.45, 2.75) is 161 Å². The Hall–Kier alpha value is -1.58. The number of rotatable bonds is 25. The lowest BCUT2D eigenvalue weighted by Gasteiger charge is -2.33. The molecule has 0 bridgehead atoms. The molecular weight excluding hydrogens is 436 g/mol. The molecular formula is C31H56O4. The number of ether oxygens (including phenoxy) is 2. The highest BCUT2D eigenvalue weighted by molar-refractivity contribution is 5.87. The maximum Gasteiger partial charge on any atom is 0.336 e. The Morgan fingerprint density at radius 2 is 0.971 bits per heavy atom. The molecule has 0 aliphatic heterocycles. The second kappa shape index (κ2) is 22.9. The summed E-state index contributed by atoms with van der Waals surface area (Å²) in [6, 6.07) is 0. The summed E-state index contributed by atoms with van der Waals surface area (Å²) in [4.78, 5) is 24.6. The smallest absolute Gasteiger partial charge is 0.336 e. The lowest BCUT2D eigenvalue weighted by Crippen LogP contribution is -2.40. The van der Waals surface area contributed by atoms with Crippen LogP contribution in [0.5, 0.6) is 0 Å². The van der Waals surface area contributed by atoms with Crippen molar-refractivity contribution >= 4 is 11.9 Å². The first-order valence-electron chi connectivity index (χ1n) is 14.6. The van der Waals surface area contributed by atoms with Crippen LogP contribution in [0.2, 0.25) is 0 Å². The molecule has 0 aromatic rings. The van der Waals surface area contributed by atoms with Gasteiger partial charge in [-0.25, -0.2) is 9.59 Å². The van der Waals surface area contributed by atoms with E-state index in [2.05, 4.69) is 27.0 Å². The zero-order valence-electron chi connectivity index (χ0n) is 23.5. The minimum atomic E-state index is -1.22. The Labute approximate surface area is 217 Å². The molecule has 0 aliphatic carbocycles. The van der Waals surface area contributed by atoms with E-state index in [1.807, 2.05) is 0 Å². The van der Waals surface area contributed by atoms with E-state index in [-0.39, 0.29) is 0 Å². The topological polar surface area (TPSA) is 52.6 Å². The standard InChI is InChI=1S/C31H56O4/c1-6-9-11-13-15-17-19-21-23-25-27-31(34-29(32)8-3,35-30(33)28(4)5)26-24-22-20-18-16-14-12-10-7-2/h8H,3-4,6-7,9-27H2,1-2,5H3. The number of esters is 2. The molecule has 204 valence electrons. The molecule has 35 heavy (non-hydrogen) atoms. The summed E-state index contributed by atoms with van der Waals surface area (Å²) in [7, 11) is 0. The molecule has 0 heterocycles. The van der Waals surface area contributed by atoms with Crippen molar-refractivity contribution < 1.29 is 19.1 Å². The van der Waals surface area contributed by atoms with E-state index in [1.165, 1.54) is 83.5 Å². The van der Waals surface area contributed by atoms with Crippen LogP contribution in [-0.4, -0.2) is 17.7 Å². The normalized spacial score (nSPS) is 12.7. The van der Waals surface area contributed by atoms with Gasteiger partial charge >= 0.3 is 11.9 Å². The van der Waals surface area contributed by atoms with Gasteiger partial charge < -0.3 is 9.47 Å². The van der Waals surface area contributed by atoms with Gasteiger partial charge in [-0.3, -0.25) is 0 Å². The van der Waals surface area contributed by atoms with Gasteiger partial charge in [0.25, 0.3) is 5.79 Å². The number of carbonyl (C=O) groups is 2. The van der Waals surface area contributed by atoms with Crippen LogP contribution < -0.4 is 0 Å². The van der Waals surface area contributed by atoms with Crippen molar-refractivity contribution in [1.29, 1.82) is 0 Å². The van der Waals surface area contributed by atoms with Gasteiger partial charge in [-0.1, -0.05) is 136 Å². The average molecular weight is 493 g/mol. The molecule has 4 heteroatoms. The summed E-state index contributed by atoms with van der Waals surface area (Å²) >= 11 is 0. The van der Waals surface area contributed by atoms with Gasteiger partial charge in [0.2, 0.25) is 0 Å². The fourth-order valence-electron chi connectivity index (χ4n) is 4.42. The summed E-state index contributed by atoms with van der Waals surface area (Å²) in [6.45, 7) is 13.4. The molecule has 0 N–H and O–H groups in total. The first-order chi connectivity index (χ1) is 16.9. The molecule has 4 nitrogen and oxygen atoms in total. The second-order valence-electron chi connectivity index (χ2n) is 10.2. The Bertz CT molecular complexity index is 568. The fourth-order valence-corrected chi connectivity index (χ4v) is 4.42. The SMILES string of the molecule is C=CC(=O)OC(CCCCCCCCCCC)(CCCCCCCCCCCC)OC(=O)C(=C)C. The van der Waals surface area contributed by atoms with Gasteiger partial charge in [0.1, 0.15) is 0 Å². The number of hydrogen-bond acceptors (Lipinski definition) is 4. The van der Waals surface area contributed by atoms with Gasteiger partial charge in [-0.15, -0.1) is 0 Å². The highest BCUT2D eigenvalue weighted by Crippen LogP contribution is 2.30. The lowest BCUT2D eigenvalue weighted by atomic mass is 9.98. The zero-order chi connectivity index (χ0) is 26.2. The van der Waals surface area contributed by atoms with E-state index in [1.54, 1.807) is 6.92 Å². The molecule has 0 aromatic heterocycles. The third-order valence-corrected chi connectivity index (χ3v) is 6.65. The van der Waals surface area contributed by atoms with E-state index in [0.29, 0.717) is 18.4 Å². The van der Waals surface area contributed by atoms with Crippen LogP contribution in [0.4, 0.5) is 0 Å². The van der Waals surface area contributed by atoms with Crippen molar-refractivity contribution in [2.24, 2.45) is 0 Å². The Kier molecular flexibility index (Phi) is 21.8. The monoisotopic (exact) mass is 492 g/mol. The van der Waals surface area contributed by atoms with Crippen LogP contribution in [0.3, 0.4) is 0 Å². The van der Waals surface area contributed by atoms with Gasteiger partial charge in [0, 0.05) is 24.5 Å². The highest BCUT2D eigenvalue weighted by atomic mass is 16.7. The van der Waals surface area contributed by atoms with E-state index in [9.17, 15) is 9.59 Å². The highest BCUT2D eigenvalue weighted by Gasteiger charge is 2.37. The summed E-state index contributed by atoms with van der Waals surface area (Å²) in [5, 5.41) is 0. The van der Waals surface area contributed by atoms with Gasteiger partial charge in [-0.05, 0) is 19.8 Å². The summed E-state index contributed by atoms with van der Waals surface area (Å²) in [5.41, 5.74) is 0.319. The van der Waals surface area contributed by atoms with Crippen LogP contribution in [0.1, 0.15) is 156 Å². The molecule has 0 radical (unpaired) electrons. The predicted octanol–water partition coefficient (Wildman–Crippen LogP) is 9.76. The molecule has 0 spiro atoms. The van der Waals surface area contributed by atoms with E-state index < -0.39 is 17.7 Å². The minimum Gasteiger partial charge on any atom is -0.419 e. The molecule has 0 rings (SSSR count). The molecule has 0 fully saturated rings. The molecule has 0 amide bonds. The first kappa shape index (κ1) is 33.4. The zero-order valence-corrected chi connectivity index (χ0v) is 23.5. The average Bonchev–Trinajstić information content (AvgIpc) is 2.84. The van der Waals surface area contributed by atoms with Crippen LogP contribution >= 0.6 is 0 Å². The van der Waals surface area contributed by atoms with Gasteiger partial charge in [-0.2, -0.15) is 0 Å². The Morgan fingerprint density at radius 3 is 1.29 bits per heavy atom. The molecule has 0 aliphatic rings. The Balaban J connectivity index is 4.68. The number of unbranched alkanes of at least 4 members (excludes halogenated alkanes) is 17. The predicted molar refractivity (Wildman–Crippen MR) is 148 cm³/mol. The van der Waals surface area contributed by atoms with Crippen molar-refractivity contribution in [1.82, 2.24) is 0 Å². The third-order valence-electron chi connectivity index (χ3n) is 6.65. The summed E-state index contributed by atoms with van der Waals surface area (Å²) < 4.78 is 11.5. The van der Waals surface area contributed by atoms with Crippen molar-refractivity contribution in [3.8, 4) is 0 Å². The van der Waals surface area contributed by atoms with Crippen LogP contribution in [0, 0.1) is 0 Å². The largest absolute Gasteiger partial charge is 0.419 e. The fraction of sp³-hybridized carbons (Fsp3) is 0.806. The van der Waals surface area contributed by atoms with Crippen molar-refractivity contribution in [3.63, 3.8) is 0 Å². The van der Waals surface area contributed by atoms with Crippen LogP contribution in [0.25, 0.3) is 0 Å². The second-order valence-corrected chi connectivity index (χ2v) is 10.2. The number of carbonyl (C=O) groups excluding carboxylic acids is 2. The maximum absolute atomic E-state index is 12.4. The summed E-state index contributed by atoms with van der Waals surface area (Å²) in [6.07, 6.45) is 25.2. The number of hydrogen-bond donors (Lipinski definition) is 0. The van der Waals surface area contributed by atoms with E-state index in [4.69, 9.17) is 9.47 Å². The van der Waals surface area contributed by atoms with Gasteiger partial charge in [0.05, 0.1) is 0 Å².